The van der Waals surface area contributed by atoms with Gasteiger partial charge in [-0.2, -0.15) is 0 Å². The Balaban J connectivity index is 2.10. The van der Waals surface area contributed by atoms with Crippen molar-refractivity contribution in [1.29, 1.82) is 0 Å². The molecule has 2 aromatic rings. The van der Waals surface area contributed by atoms with Crippen LogP contribution in [0.25, 0.3) is 5.65 Å². The van der Waals surface area contributed by atoms with Crippen LogP contribution in [-0.2, 0) is 4.74 Å². The number of fused-ring (bicyclic) bond motifs is 1. The second-order valence-corrected chi connectivity index (χ2v) is 5.05. The summed E-state index contributed by atoms with van der Waals surface area (Å²) in [5, 5.41) is 13.8. The number of nitrogens with zero attached hydrogens (tertiary/aromatic N) is 4. The quantitative estimate of drug-likeness (QED) is 0.883. The van der Waals surface area contributed by atoms with Gasteiger partial charge in [-0.25, -0.2) is 14.3 Å². The van der Waals surface area contributed by atoms with Crippen molar-refractivity contribution < 1.29 is 14.6 Å². The summed E-state index contributed by atoms with van der Waals surface area (Å²) in [7, 11) is 0. The van der Waals surface area contributed by atoms with Gasteiger partial charge < -0.3 is 14.7 Å². The minimum atomic E-state index is -1.01. The number of carbonyl (C=O) groups is 1. The first-order valence-corrected chi connectivity index (χ1v) is 6.53. The first-order chi connectivity index (χ1) is 9.56. The van der Waals surface area contributed by atoms with Crippen LogP contribution >= 0.6 is 0 Å². The molecule has 1 saturated heterocycles. The van der Waals surface area contributed by atoms with E-state index in [0.29, 0.717) is 24.6 Å². The topological polar surface area (TPSA) is 80.0 Å². The minimum absolute atomic E-state index is 0.0400. The van der Waals surface area contributed by atoms with Crippen LogP contribution in [0.3, 0.4) is 0 Å². The number of aromatic nitrogens is 3. The Kier molecular flexibility index (Phi) is 3.06. The summed E-state index contributed by atoms with van der Waals surface area (Å²) in [6.07, 6.45) is 3.35. The molecule has 3 heterocycles. The van der Waals surface area contributed by atoms with E-state index in [-0.39, 0.29) is 17.8 Å². The number of morpholine rings is 1. The Labute approximate surface area is 115 Å². The molecule has 20 heavy (non-hydrogen) atoms. The zero-order chi connectivity index (χ0) is 14.3. The SMILES string of the molecule is C[C@@H]1CN(c2nn3cccnc3c2C(=O)O)C[C@H](C)O1. The molecule has 3 rings (SSSR count). The molecule has 1 fully saturated rings. The molecule has 1 N–H and O–H groups in total. The molecule has 0 aliphatic carbocycles. The van der Waals surface area contributed by atoms with Crippen LogP contribution < -0.4 is 4.90 Å². The highest BCUT2D eigenvalue weighted by molar-refractivity contribution is 6.00. The van der Waals surface area contributed by atoms with Crippen LogP contribution in [0.4, 0.5) is 5.82 Å². The monoisotopic (exact) mass is 276 g/mol. The van der Waals surface area contributed by atoms with Gasteiger partial charge in [0.05, 0.1) is 12.2 Å². The van der Waals surface area contributed by atoms with E-state index in [1.165, 1.54) is 4.52 Å². The van der Waals surface area contributed by atoms with Crippen molar-refractivity contribution in [1.82, 2.24) is 14.6 Å². The van der Waals surface area contributed by atoms with Crippen molar-refractivity contribution in [3.05, 3.63) is 24.0 Å². The normalized spacial score (nSPS) is 23.2. The summed E-state index contributed by atoms with van der Waals surface area (Å²) >= 11 is 0. The highest BCUT2D eigenvalue weighted by Gasteiger charge is 2.29. The van der Waals surface area contributed by atoms with Gasteiger partial charge in [-0.05, 0) is 19.9 Å². The van der Waals surface area contributed by atoms with Gasteiger partial charge in [0.1, 0.15) is 5.56 Å². The molecule has 0 bridgehead atoms. The Morgan fingerprint density at radius 3 is 2.75 bits per heavy atom. The lowest BCUT2D eigenvalue weighted by Crippen LogP contribution is -2.46. The Morgan fingerprint density at radius 2 is 2.10 bits per heavy atom. The van der Waals surface area contributed by atoms with E-state index < -0.39 is 5.97 Å². The van der Waals surface area contributed by atoms with Gasteiger partial charge in [0.25, 0.3) is 0 Å². The van der Waals surface area contributed by atoms with Gasteiger partial charge in [-0.15, -0.1) is 5.10 Å². The second kappa shape index (κ2) is 4.75. The summed E-state index contributed by atoms with van der Waals surface area (Å²) in [6, 6.07) is 1.72. The molecule has 0 saturated carbocycles. The van der Waals surface area contributed by atoms with E-state index in [2.05, 4.69) is 10.1 Å². The fourth-order valence-electron chi connectivity index (χ4n) is 2.64. The standard InChI is InChI=1S/C13H16N4O3/c1-8-6-16(7-9(2)20-8)12-10(13(18)19)11-14-4-3-5-17(11)15-12/h3-5,8-9H,6-7H2,1-2H3,(H,18,19)/t8-,9+. The van der Waals surface area contributed by atoms with Crippen molar-refractivity contribution >= 4 is 17.4 Å². The average molecular weight is 276 g/mol. The molecule has 7 nitrogen and oxygen atoms in total. The first-order valence-electron chi connectivity index (χ1n) is 6.53. The largest absolute Gasteiger partial charge is 0.477 e. The molecule has 0 radical (unpaired) electrons. The smallest absolute Gasteiger partial charge is 0.343 e. The predicted molar refractivity (Wildman–Crippen MR) is 72.2 cm³/mol. The van der Waals surface area contributed by atoms with Crippen molar-refractivity contribution in [2.75, 3.05) is 18.0 Å². The molecule has 2 atom stereocenters. The average Bonchev–Trinajstić information content (AvgIpc) is 2.76. The van der Waals surface area contributed by atoms with Gasteiger partial charge in [0.15, 0.2) is 11.5 Å². The van der Waals surface area contributed by atoms with Crippen LogP contribution in [0.1, 0.15) is 24.2 Å². The third-order valence-corrected chi connectivity index (χ3v) is 3.31. The molecule has 1 aliphatic heterocycles. The third kappa shape index (κ3) is 2.09. The molecule has 1 aliphatic rings. The molecule has 0 amide bonds. The number of ether oxygens (including phenoxy) is 1. The molecule has 0 spiro atoms. The van der Waals surface area contributed by atoms with Gasteiger partial charge in [-0.1, -0.05) is 0 Å². The van der Waals surface area contributed by atoms with Crippen molar-refractivity contribution in [2.45, 2.75) is 26.1 Å². The van der Waals surface area contributed by atoms with Gasteiger partial charge in [0, 0.05) is 25.5 Å². The van der Waals surface area contributed by atoms with Crippen LogP contribution in [0.15, 0.2) is 18.5 Å². The maximum Gasteiger partial charge on any atom is 0.343 e. The van der Waals surface area contributed by atoms with Gasteiger partial charge in [0.2, 0.25) is 0 Å². The fourth-order valence-corrected chi connectivity index (χ4v) is 2.64. The number of hydrogen-bond acceptors (Lipinski definition) is 5. The third-order valence-electron chi connectivity index (χ3n) is 3.31. The zero-order valence-corrected chi connectivity index (χ0v) is 11.4. The summed E-state index contributed by atoms with van der Waals surface area (Å²) < 4.78 is 7.18. The molecule has 7 heteroatoms. The molecule has 0 aromatic carbocycles. The van der Waals surface area contributed by atoms with Crippen molar-refractivity contribution in [3.8, 4) is 0 Å². The summed E-state index contributed by atoms with van der Waals surface area (Å²) in [5.74, 6) is -0.557. The van der Waals surface area contributed by atoms with Crippen LogP contribution in [0.5, 0.6) is 0 Å². The lowest BCUT2D eigenvalue weighted by molar-refractivity contribution is -0.00557. The Morgan fingerprint density at radius 1 is 1.40 bits per heavy atom. The molecular weight excluding hydrogens is 260 g/mol. The maximum absolute atomic E-state index is 11.6. The first kappa shape index (κ1) is 12.9. The minimum Gasteiger partial charge on any atom is -0.477 e. The summed E-state index contributed by atoms with van der Waals surface area (Å²) in [5.41, 5.74) is 0.508. The fraction of sp³-hybridized carbons (Fsp3) is 0.462. The summed E-state index contributed by atoms with van der Waals surface area (Å²) in [4.78, 5) is 17.6. The number of carboxylic acid groups (broad SMARTS) is 1. The second-order valence-electron chi connectivity index (χ2n) is 5.05. The predicted octanol–water partition coefficient (Wildman–Crippen LogP) is 1.04. The molecule has 2 aromatic heterocycles. The number of rotatable bonds is 2. The highest BCUT2D eigenvalue weighted by Crippen LogP contribution is 2.25. The van der Waals surface area contributed by atoms with Gasteiger partial charge >= 0.3 is 5.97 Å². The van der Waals surface area contributed by atoms with E-state index in [4.69, 9.17) is 4.74 Å². The van der Waals surface area contributed by atoms with E-state index in [9.17, 15) is 9.90 Å². The number of hydrogen-bond donors (Lipinski definition) is 1. The zero-order valence-electron chi connectivity index (χ0n) is 11.4. The maximum atomic E-state index is 11.6. The summed E-state index contributed by atoms with van der Waals surface area (Å²) in [6.45, 7) is 5.18. The molecule has 106 valence electrons. The van der Waals surface area contributed by atoms with E-state index in [1.54, 1.807) is 18.5 Å². The van der Waals surface area contributed by atoms with E-state index >= 15 is 0 Å². The lowest BCUT2D eigenvalue weighted by Gasteiger charge is -2.35. The molecular formula is C13H16N4O3. The van der Waals surface area contributed by atoms with E-state index in [0.717, 1.165) is 0 Å². The Bertz CT molecular complexity index is 644. The number of aromatic carboxylic acids is 1. The van der Waals surface area contributed by atoms with E-state index in [1.807, 2.05) is 18.7 Å². The van der Waals surface area contributed by atoms with Crippen molar-refractivity contribution in [3.63, 3.8) is 0 Å². The van der Waals surface area contributed by atoms with Crippen LogP contribution in [-0.4, -0.2) is 51.0 Å². The lowest BCUT2D eigenvalue weighted by atomic mass is 10.2. The Hall–Kier alpha value is -2.15. The number of carboxylic acids is 1. The van der Waals surface area contributed by atoms with Gasteiger partial charge in [-0.3, -0.25) is 0 Å². The number of anilines is 1. The van der Waals surface area contributed by atoms with Crippen molar-refractivity contribution in [2.24, 2.45) is 0 Å². The molecule has 0 unspecified atom stereocenters. The highest BCUT2D eigenvalue weighted by atomic mass is 16.5. The van der Waals surface area contributed by atoms with Crippen LogP contribution in [0, 0.1) is 0 Å². The van der Waals surface area contributed by atoms with Crippen LogP contribution in [0.2, 0.25) is 0 Å².